The summed E-state index contributed by atoms with van der Waals surface area (Å²) in [5.41, 5.74) is 6.96. The molecule has 0 spiro atoms. The minimum Gasteiger partial charge on any atom is -0.397 e. The van der Waals surface area contributed by atoms with Gasteiger partial charge in [0.05, 0.1) is 24.4 Å². The molecular weight excluding hydrogens is 242 g/mol. The van der Waals surface area contributed by atoms with Crippen LogP contribution < -0.4 is 5.73 Å². The lowest BCUT2D eigenvalue weighted by molar-refractivity contribution is -0.133. The third-order valence-corrected chi connectivity index (χ3v) is 3.38. The van der Waals surface area contributed by atoms with Crippen LogP contribution in [0.15, 0.2) is 18.3 Å². The van der Waals surface area contributed by atoms with Crippen molar-refractivity contribution >= 4 is 11.6 Å². The molecule has 2 N–H and O–H groups in total. The lowest BCUT2D eigenvalue weighted by Gasteiger charge is -2.31. The fourth-order valence-electron chi connectivity index (χ4n) is 2.31. The average molecular weight is 263 g/mol. The van der Waals surface area contributed by atoms with Crippen molar-refractivity contribution in [1.29, 1.82) is 0 Å². The Morgan fingerprint density at radius 1 is 1.47 bits per heavy atom. The fourth-order valence-corrected chi connectivity index (χ4v) is 2.31. The molecule has 1 aromatic rings. The number of hydrogen-bond acceptors (Lipinski definition) is 4. The fraction of sp³-hybridized carbons (Fsp3) is 0.571. The maximum Gasteiger partial charge on any atom is 0.228 e. The number of nitrogens with zero attached hydrogens (tertiary/aromatic N) is 2. The molecule has 1 amide bonds. The predicted octanol–water partition coefficient (Wildman–Crippen LogP) is 1.23. The molecule has 0 unspecified atom stereocenters. The minimum atomic E-state index is 0.132. The molecule has 1 aliphatic rings. The summed E-state index contributed by atoms with van der Waals surface area (Å²) in [5, 5.41) is 0. The standard InChI is InChI=1S/C14H21N3O2/c1-2-19-13-5-7-17(8-6-13)14(18)9-12-4-3-11(15)10-16-12/h3-4,10,13H,2,5-9,15H2,1H3. The Morgan fingerprint density at radius 3 is 2.79 bits per heavy atom. The van der Waals surface area contributed by atoms with Gasteiger partial charge in [0.2, 0.25) is 5.91 Å². The smallest absolute Gasteiger partial charge is 0.228 e. The zero-order valence-electron chi connectivity index (χ0n) is 11.3. The van der Waals surface area contributed by atoms with Gasteiger partial charge in [0, 0.05) is 25.4 Å². The minimum absolute atomic E-state index is 0.132. The van der Waals surface area contributed by atoms with E-state index in [1.165, 1.54) is 0 Å². The first kappa shape index (κ1) is 13.8. The molecule has 1 aromatic heterocycles. The summed E-state index contributed by atoms with van der Waals surface area (Å²) in [4.78, 5) is 18.2. The molecule has 0 aliphatic carbocycles. The number of carbonyl (C=O) groups excluding carboxylic acids is 1. The molecule has 2 rings (SSSR count). The van der Waals surface area contributed by atoms with Crippen LogP contribution in [0.2, 0.25) is 0 Å². The number of anilines is 1. The van der Waals surface area contributed by atoms with Gasteiger partial charge in [0.25, 0.3) is 0 Å². The van der Waals surface area contributed by atoms with E-state index < -0.39 is 0 Å². The maximum absolute atomic E-state index is 12.1. The summed E-state index contributed by atoms with van der Waals surface area (Å²) in [6, 6.07) is 3.58. The summed E-state index contributed by atoms with van der Waals surface area (Å²) < 4.78 is 5.58. The molecule has 1 saturated heterocycles. The van der Waals surface area contributed by atoms with Gasteiger partial charge in [-0.1, -0.05) is 0 Å². The number of nitrogens with two attached hydrogens (primary N) is 1. The highest BCUT2D eigenvalue weighted by Crippen LogP contribution is 2.14. The molecule has 19 heavy (non-hydrogen) atoms. The van der Waals surface area contributed by atoms with Crippen molar-refractivity contribution in [3.05, 3.63) is 24.0 Å². The lowest BCUT2D eigenvalue weighted by Crippen LogP contribution is -2.41. The molecule has 0 atom stereocenters. The van der Waals surface area contributed by atoms with E-state index >= 15 is 0 Å². The molecule has 104 valence electrons. The molecule has 0 saturated carbocycles. The quantitative estimate of drug-likeness (QED) is 0.887. The number of carbonyl (C=O) groups is 1. The average Bonchev–Trinajstić information content (AvgIpc) is 2.42. The van der Waals surface area contributed by atoms with Gasteiger partial charge in [-0.25, -0.2) is 0 Å². The molecule has 0 aromatic carbocycles. The van der Waals surface area contributed by atoms with Crippen LogP contribution in [-0.2, 0) is 16.0 Å². The second-order valence-corrected chi connectivity index (χ2v) is 4.80. The van der Waals surface area contributed by atoms with E-state index in [4.69, 9.17) is 10.5 Å². The number of piperidine rings is 1. The number of hydrogen-bond donors (Lipinski definition) is 1. The van der Waals surface area contributed by atoms with E-state index in [1.807, 2.05) is 11.8 Å². The van der Waals surface area contributed by atoms with E-state index in [-0.39, 0.29) is 5.91 Å². The van der Waals surface area contributed by atoms with Crippen molar-refractivity contribution in [3.63, 3.8) is 0 Å². The van der Waals surface area contributed by atoms with Gasteiger partial charge in [0.15, 0.2) is 0 Å². The number of amides is 1. The first-order valence-electron chi connectivity index (χ1n) is 6.79. The molecule has 5 heteroatoms. The van der Waals surface area contributed by atoms with Gasteiger partial charge in [-0.15, -0.1) is 0 Å². The van der Waals surface area contributed by atoms with Gasteiger partial charge < -0.3 is 15.4 Å². The van der Waals surface area contributed by atoms with E-state index in [9.17, 15) is 4.79 Å². The lowest BCUT2D eigenvalue weighted by atomic mass is 10.1. The summed E-state index contributed by atoms with van der Waals surface area (Å²) in [5.74, 6) is 0.132. The molecule has 5 nitrogen and oxygen atoms in total. The van der Waals surface area contributed by atoms with Crippen molar-refractivity contribution in [2.75, 3.05) is 25.4 Å². The van der Waals surface area contributed by atoms with Crippen LogP contribution in [0.25, 0.3) is 0 Å². The Kier molecular flexibility index (Phi) is 4.74. The Labute approximate surface area is 113 Å². The SMILES string of the molecule is CCOC1CCN(C(=O)Cc2ccc(N)cn2)CC1. The Balaban J connectivity index is 1.83. The van der Waals surface area contributed by atoms with E-state index in [1.54, 1.807) is 18.3 Å². The summed E-state index contributed by atoms with van der Waals surface area (Å²) in [7, 11) is 0. The van der Waals surface area contributed by atoms with Gasteiger partial charge >= 0.3 is 0 Å². The van der Waals surface area contributed by atoms with Gasteiger partial charge in [0.1, 0.15) is 0 Å². The van der Waals surface area contributed by atoms with Crippen LogP contribution in [0.4, 0.5) is 5.69 Å². The summed E-state index contributed by atoms with van der Waals surface area (Å²) >= 11 is 0. The highest BCUT2D eigenvalue weighted by molar-refractivity contribution is 5.78. The second-order valence-electron chi connectivity index (χ2n) is 4.80. The van der Waals surface area contributed by atoms with Crippen LogP contribution in [0.3, 0.4) is 0 Å². The van der Waals surface area contributed by atoms with Crippen molar-refractivity contribution in [2.45, 2.75) is 32.3 Å². The number of rotatable bonds is 4. The molecule has 0 radical (unpaired) electrons. The van der Waals surface area contributed by atoms with E-state index in [0.29, 0.717) is 18.2 Å². The van der Waals surface area contributed by atoms with Crippen LogP contribution in [0.5, 0.6) is 0 Å². The van der Waals surface area contributed by atoms with Crippen molar-refractivity contribution in [3.8, 4) is 0 Å². The first-order chi connectivity index (χ1) is 9.19. The Hall–Kier alpha value is -1.62. The molecular formula is C14H21N3O2. The zero-order chi connectivity index (χ0) is 13.7. The highest BCUT2D eigenvalue weighted by atomic mass is 16.5. The third kappa shape index (κ3) is 3.92. The highest BCUT2D eigenvalue weighted by Gasteiger charge is 2.23. The summed E-state index contributed by atoms with van der Waals surface area (Å²) in [6.07, 6.45) is 4.09. The van der Waals surface area contributed by atoms with Crippen LogP contribution in [0.1, 0.15) is 25.5 Å². The number of likely N-dealkylation sites (tertiary alicyclic amines) is 1. The topological polar surface area (TPSA) is 68.5 Å². The van der Waals surface area contributed by atoms with Crippen molar-refractivity contribution in [1.82, 2.24) is 9.88 Å². The number of aromatic nitrogens is 1. The van der Waals surface area contributed by atoms with E-state index in [0.717, 1.165) is 38.2 Å². The normalized spacial score (nSPS) is 16.6. The zero-order valence-corrected chi connectivity index (χ0v) is 11.3. The largest absolute Gasteiger partial charge is 0.397 e. The van der Waals surface area contributed by atoms with Crippen molar-refractivity contribution < 1.29 is 9.53 Å². The maximum atomic E-state index is 12.1. The first-order valence-corrected chi connectivity index (χ1v) is 6.79. The number of ether oxygens (including phenoxy) is 1. The molecule has 0 bridgehead atoms. The van der Waals surface area contributed by atoms with Crippen molar-refractivity contribution in [2.24, 2.45) is 0 Å². The number of pyridine rings is 1. The van der Waals surface area contributed by atoms with Crippen LogP contribution in [0, 0.1) is 0 Å². The molecule has 2 heterocycles. The monoisotopic (exact) mass is 263 g/mol. The van der Waals surface area contributed by atoms with Crippen LogP contribution in [-0.4, -0.2) is 41.6 Å². The predicted molar refractivity (Wildman–Crippen MR) is 73.6 cm³/mol. The van der Waals surface area contributed by atoms with Gasteiger partial charge in [-0.2, -0.15) is 0 Å². The van der Waals surface area contributed by atoms with E-state index in [2.05, 4.69) is 4.98 Å². The third-order valence-electron chi connectivity index (χ3n) is 3.38. The second kappa shape index (κ2) is 6.52. The van der Waals surface area contributed by atoms with Crippen LogP contribution >= 0.6 is 0 Å². The van der Waals surface area contributed by atoms with Gasteiger partial charge in [-0.05, 0) is 31.9 Å². The molecule has 1 fully saturated rings. The Bertz CT molecular complexity index is 411. The number of nitrogen functional groups attached to an aromatic ring is 1. The molecule has 1 aliphatic heterocycles. The van der Waals surface area contributed by atoms with Gasteiger partial charge in [-0.3, -0.25) is 9.78 Å². The summed E-state index contributed by atoms with van der Waals surface area (Å²) in [6.45, 7) is 4.30. The Morgan fingerprint density at radius 2 is 2.21 bits per heavy atom.